The van der Waals surface area contributed by atoms with E-state index in [1.165, 1.54) is 51.4 Å². The first-order valence-electron chi connectivity index (χ1n) is 7.03. The fourth-order valence-corrected chi connectivity index (χ4v) is 1.98. The first kappa shape index (κ1) is 15.9. The molecule has 0 rings (SSSR count). The molecule has 0 radical (unpaired) electrons. The minimum Gasteiger partial charge on any atom is -0.394 e. The molecule has 98 valence electrons. The highest BCUT2D eigenvalue weighted by Gasteiger charge is 2.08. The lowest BCUT2D eigenvalue weighted by Crippen LogP contribution is -2.12. The second kappa shape index (κ2) is 13.0. The highest BCUT2D eigenvalue weighted by Crippen LogP contribution is 2.17. The quantitative estimate of drug-likeness (QED) is 0.517. The summed E-state index contributed by atoms with van der Waals surface area (Å²) in [6, 6.07) is 0. The van der Waals surface area contributed by atoms with Crippen molar-refractivity contribution < 1.29 is 9.84 Å². The Morgan fingerprint density at radius 1 is 0.938 bits per heavy atom. The van der Waals surface area contributed by atoms with Crippen LogP contribution in [0.2, 0.25) is 0 Å². The summed E-state index contributed by atoms with van der Waals surface area (Å²) in [5.74, 6) is 0.711. The summed E-state index contributed by atoms with van der Waals surface area (Å²) in [6.07, 6.45) is 10.5. The van der Waals surface area contributed by atoms with Gasteiger partial charge in [0.1, 0.15) is 0 Å². The molecule has 0 aromatic heterocycles. The lowest BCUT2D eigenvalue weighted by molar-refractivity contribution is 0.0621. The predicted molar refractivity (Wildman–Crippen MR) is 69.7 cm³/mol. The van der Waals surface area contributed by atoms with Crippen molar-refractivity contribution in [2.75, 3.05) is 19.8 Å². The SMILES string of the molecule is CCCCCCC(CCCC)COCCO. The number of ether oxygens (including phenoxy) is 1. The van der Waals surface area contributed by atoms with Gasteiger partial charge in [0.2, 0.25) is 0 Å². The molecule has 0 fully saturated rings. The zero-order chi connectivity index (χ0) is 12.1. The number of hydrogen-bond donors (Lipinski definition) is 1. The average Bonchev–Trinajstić information content (AvgIpc) is 2.31. The summed E-state index contributed by atoms with van der Waals surface area (Å²) < 4.78 is 5.45. The Hall–Kier alpha value is -0.0800. The number of aliphatic hydroxyl groups is 1. The van der Waals surface area contributed by atoms with Gasteiger partial charge in [-0.2, -0.15) is 0 Å². The van der Waals surface area contributed by atoms with E-state index in [0.29, 0.717) is 12.5 Å². The zero-order valence-corrected chi connectivity index (χ0v) is 11.2. The van der Waals surface area contributed by atoms with E-state index in [9.17, 15) is 0 Å². The van der Waals surface area contributed by atoms with Gasteiger partial charge in [-0.25, -0.2) is 0 Å². The van der Waals surface area contributed by atoms with Crippen molar-refractivity contribution >= 4 is 0 Å². The van der Waals surface area contributed by atoms with Crippen LogP contribution in [-0.2, 0) is 4.74 Å². The van der Waals surface area contributed by atoms with Crippen LogP contribution in [-0.4, -0.2) is 24.9 Å². The average molecular weight is 230 g/mol. The molecule has 0 aromatic rings. The normalized spacial score (nSPS) is 12.9. The molecule has 2 nitrogen and oxygen atoms in total. The van der Waals surface area contributed by atoms with E-state index in [1.54, 1.807) is 0 Å². The maximum Gasteiger partial charge on any atom is 0.0697 e. The van der Waals surface area contributed by atoms with Gasteiger partial charge in [-0.3, -0.25) is 0 Å². The molecule has 16 heavy (non-hydrogen) atoms. The lowest BCUT2D eigenvalue weighted by Gasteiger charge is -2.16. The third-order valence-electron chi connectivity index (χ3n) is 3.02. The van der Waals surface area contributed by atoms with Crippen LogP contribution in [0.4, 0.5) is 0 Å². The van der Waals surface area contributed by atoms with Crippen LogP contribution in [0.5, 0.6) is 0 Å². The van der Waals surface area contributed by atoms with E-state index in [2.05, 4.69) is 13.8 Å². The van der Waals surface area contributed by atoms with Crippen molar-refractivity contribution in [2.45, 2.75) is 65.2 Å². The summed E-state index contributed by atoms with van der Waals surface area (Å²) in [7, 11) is 0. The highest BCUT2D eigenvalue weighted by molar-refractivity contribution is 4.59. The Morgan fingerprint density at radius 2 is 1.62 bits per heavy atom. The lowest BCUT2D eigenvalue weighted by atomic mass is 9.96. The first-order chi connectivity index (χ1) is 7.85. The van der Waals surface area contributed by atoms with E-state index >= 15 is 0 Å². The summed E-state index contributed by atoms with van der Waals surface area (Å²) in [5, 5.41) is 8.68. The Labute approximate surface area is 101 Å². The van der Waals surface area contributed by atoms with Crippen LogP contribution in [0.1, 0.15) is 65.2 Å². The third-order valence-corrected chi connectivity index (χ3v) is 3.02. The molecule has 0 amide bonds. The molecule has 0 heterocycles. The van der Waals surface area contributed by atoms with Gasteiger partial charge in [0.05, 0.1) is 13.2 Å². The Balaban J connectivity index is 3.54. The molecule has 2 heteroatoms. The molecule has 1 N–H and O–H groups in total. The molecular weight excluding hydrogens is 200 g/mol. The van der Waals surface area contributed by atoms with Crippen molar-refractivity contribution in [2.24, 2.45) is 5.92 Å². The molecule has 0 spiro atoms. The van der Waals surface area contributed by atoms with Crippen molar-refractivity contribution in [3.8, 4) is 0 Å². The molecule has 0 saturated carbocycles. The van der Waals surface area contributed by atoms with Crippen LogP contribution in [0.15, 0.2) is 0 Å². The van der Waals surface area contributed by atoms with Crippen molar-refractivity contribution in [3.63, 3.8) is 0 Å². The monoisotopic (exact) mass is 230 g/mol. The second-order valence-electron chi connectivity index (χ2n) is 4.66. The van der Waals surface area contributed by atoms with Crippen LogP contribution in [0.3, 0.4) is 0 Å². The molecular formula is C14H30O2. The number of unbranched alkanes of at least 4 members (excludes halogenated alkanes) is 4. The maximum absolute atomic E-state index is 8.68. The standard InChI is InChI=1S/C14H30O2/c1-3-5-7-8-10-14(9-6-4-2)13-16-12-11-15/h14-15H,3-13H2,1-2H3. The highest BCUT2D eigenvalue weighted by atomic mass is 16.5. The third kappa shape index (κ3) is 10.4. The maximum atomic E-state index is 8.68. The Kier molecular flexibility index (Phi) is 12.9. The predicted octanol–water partition coefficient (Wildman–Crippen LogP) is 3.77. The van der Waals surface area contributed by atoms with Gasteiger partial charge in [-0.15, -0.1) is 0 Å². The fraction of sp³-hybridized carbons (Fsp3) is 1.00. The van der Waals surface area contributed by atoms with E-state index in [-0.39, 0.29) is 6.61 Å². The van der Waals surface area contributed by atoms with E-state index < -0.39 is 0 Å². The van der Waals surface area contributed by atoms with E-state index in [4.69, 9.17) is 9.84 Å². The number of rotatable bonds is 12. The molecule has 0 saturated heterocycles. The van der Waals surface area contributed by atoms with E-state index in [0.717, 1.165) is 6.61 Å². The Morgan fingerprint density at radius 3 is 2.25 bits per heavy atom. The Bertz CT molecular complexity index is 126. The largest absolute Gasteiger partial charge is 0.394 e. The van der Waals surface area contributed by atoms with Gasteiger partial charge >= 0.3 is 0 Å². The van der Waals surface area contributed by atoms with Crippen molar-refractivity contribution in [3.05, 3.63) is 0 Å². The molecule has 1 unspecified atom stereocenters. The van der Waals surface area contributed by atoms with Crippen molar-refractivity contribution in [1.29, 1.82) is 0 Å². The summed E-state index contributed by atoms with van der Waals surface area (Å²) in [5.41, 5.74) is 0. The minimum absolute atomic E-state index is 0.149. The van der Waals surface area contributed by atoms with Crippen molar-refractivity contribution in [1.82, 2.24) is 0 Å². The fourth-order valence-electron chi connectivity index (χ4n) is 1.98. The molecule has 0 aliphatic heterocycles. The van der Waals surface area contributed by atoms with E-state index in [1.807, 2.05) is 0 Å². The van der Waals surface area contributed by atoms with Gasteiger partial charge in [-0.05, 0) is 18.8 Å². The molecule has 0 aliphatic rings. The summed E-state index contributed by atoms with van der Waals surface area (Å²) >= 11 is 0. The number of aliphatic hydroxyl groups excluding tert-OH is 1. The van der Waals surface area contributed by atoms with Crippen LogP contribution >= 0.6 is 0 Å². The molecule has 1 atom stereocenters. The van der Waals surface area contributed by atoms with Crippen LogP contribution in [0.25, 0.3) is 0 Å². The van der Waals surface area contributed by atoms with Gasteiger partial charge < -0.3 is 9.84 Å². The van der Waals surface area contributed by atoms with Gasteiger partial charge in [0.15, 0.2) is 0 Å². The topological polar surface area (TPSA) is 29.5 Å². The number of hydrogen-bond acceptors (Lipinski definition) is 2. The molecule has 0 bridgehead atoms. The summed E-state index contributed by atoms with van der Waals surface area (Å²) in [4.78, 5) is 0. The smallest absolute Gasteiger partial charge is 0.0697 e. The molecule has 0 aromatic carbocycles. The minimum atomic E-state index is 0.149. The van der Waals surface area contributed by atoms with Crippen LogP contribution < -0.4 is 0 Å². The van der Waals surface area contributed by atoms with Gasteiger partial charge in [0, 0.05) is 6.61 Å². The molecule has 0 aliphatic carbocycles. The summed E-state index contributed by atoms with van der Waals surface area (Å²) in [6.45, 7) is 5.97. The van der Waals surface area contributed by atoms with Crippen LogP contribution in [0, 0.1) is 5.92 Å². The van der Waals surface area contributed by atoms with Gasteiger partial charge in [-0.1, -0.05) is 52.4 Å². The van der Waals surface area contributed by atoms with Gasteiger partial charge in [0.25, 0.3) is 0 Å². The zero-order valence-electron chi connectivity index (χ0n) is 11.2. The second-order valence-corrected chi connectivity index (χ2v) is 4.66. The first-order valence-corrected chi connectivity index (χ1v) is 7.03.